The minimum Gasteiger partial charge on any atom is -0.493 e. The molecule has 0 saturated carbocycles. The van der Waals surface area contributed by atoms with E-state index < -0.39 is 5.91 Å². The zero-order valence-electron chi connectivity index (χ0n) is 27.7. The molecule has 1 saturated heterocycles. The van der Waals surface area contributed by atoms with Crippen LogP contribution in [0.1, 0.15) is 41.7 Å². The van der Waals surface area contributed by atoms with Crippen LogP contribution in [0.3, 0.4) is 0 Å². The van der Waals surface area contributed by atoms with Gasteiger partial charge >= 0.3 is 0 Å². The number of hydrogen-bond acceptors (Lipinski definition) is 7. The number of hydrogen-bond donors (Lipinski definition) is 2. The third-order valence-electron chi connectivity index (χ3n) is 9.16. The van der Waals surface area contributed by atoms with Crippen molar-refractivity contribution >= 4 is 17.4 Å². The average Bonchev–Trinajstić information content (AvgIpc) is 3.12. The van der Waals surface area contributed by atoms with Crippen LogP contribution >= 0.6 is 0 Å². The Morgan fingerprint density at radius 2 is 1.52 bits per heavy atom. The molecule has 5 aromatic rings. The molecule has 0 bridgehead atoms. The Morgan fingerprint density at radius 1 is 0.875 bits per heavy atom. The van der Waals surface area contributed by atoms with Crippen LogP contribution < -0.4 is 26.0 Å². The molecule has 9 nitrogen and oxygen atoms in total. The maximum absolute atomic E-state index is 13.8. The average molecular weight is 645 g/mol. The molecular formula is C39H40N4O5. The molecule has 1 aliphatic rings. The number of aryl methyl sites for hydroxylation is 1. The first-order valence-electron chi connectivity index (χ1n) is 16.1. The maximum Gasteiger partial charge on any atom is 0.261 e. The molecule has 0 spiro atoms. The lowest BCUT2D eigenvalue weighted by Gasteiger charge is -2.30. The van der Waals surface area contributed by atoms with E-state index in [4.69, 9.17) is 19.9 Å². The van der Waals surface area contributed by atoms with E-state index in [2.05, 4.69) is 17.2 Å². The van der Waals surface area contributed by atoms with Gasteiger partial charge in [-0.25, -0.2) is 4.98 Å². The van der Waals surface area contributed by atoms with Gasteiger partial charge in [0, 0.05) is 60.2 Å². The van der Waals surface area contributed by atoms with E-state index in [-0.39, 0.29) is 17.0 Å². The highest BCUT2D eigenvalue weighted by atomic mass is 16.5. The lowest BCUT2D eigenvalue weighted by Crippen LogP contribution is -2.28. The van der Waals surface area contributed by atoms with Crippen molar-refractivity contribution < 1.29 is 19.0 Å². The SMILES string of the molecule is COc1ccc(-c2cnc(N)c(-c3ccc(NC(=O)c4cn([C@H](C)C5CCOCC5)cc(-c5ccc(C)cc5)c4=O)cc3)c2)cc1OC. The van der Waals surface area contributed by atoms with E-state index in [1.165, 1.54) is 0 Å². The molecule has 0 unspecified atom stereocenters. The zero-order chi connectivity index (χ0) is 33.8. The van der Waals surface area contributed by atoms with Crippen LogP contribution in [0.5, 0.6) is 11.5 Å². The summed E-state index contributed by atoms with van der Waals surface area (Å²) in [6.07, 6.45) is 7.15. The summed E-state index contributed by atoms with van der Waals surface area (Å²) in [4.78, 5) is 32.0. The van der Waals surface area contributed by atoms with Crippen LogP contribution in [0, 0.1) is 12.8 Å². The number of aromatic nitrogens is 2. The molecule has 246 valence electrons. The molecule has 1 aliphatic heterocycles. The Balaban J connectivity index is 1.28. The van der Waals surface area contributed by atoms with Crippen molar-refractivity contribution in [2.24, 2.45) is 5.92 Å². The molecule has 1 atom stereocenters. The predicted molar refractivity (Wildman–Crippen MR) is 190 cm³/mol. The minimum absolute atomic E-state index is 0.0818. The second-order valence-electron chi connectivity index (χ2n) is 12.2. The molecular weight excluding hydrogens is 604 g/mol. The number of amides is 1. The molecule has 1 fully saturated rings. The van der Waals surface area contributed by atoms with Gasteiger partial charge in [-0.2, -0.15) is 0 Å². The number of carbonyl (C=O) groups excluding carboxylic acids is 1. The van der Waals surface area contributed by atoms with Gasteiger partial charge in [-0.05, 0) is 79.6 Å². The Kier molecular flexibility index (Phi) is 9.59. The number of nitrogens with one attached hydrogen (secondary N) is 1. The summed E-state index contributed by atoms with van der Waals surface area (Å²) in [7, 11) is 3.19. The first-order chi connectivity index (χ1) is 23.2. The topological polar surface area (TPSA) is 118 Å². The lowest BCUT2D eigenvalue weighted by molar-refractivity contribution is 0.0512. The van der Waals surface area contributed by atoms with Gasteiger partial charge in [-0.1, -0.05) is 48.0 Å². The summed E-state index contributed by atoms with van der Waals surface area (Å²) < 4.78 is 18.4. The van der Waals surface area contributed by atoms with Gasteiger partial charge in [0.05, 0.1) is 14.2 Å². The highest BCUT2D eigenvalue weighted by molar-refractivity contribution is 6.04. The largest absolute Gasteiger partial charge is 0.493 e. The number of methoxy groups -OCH3 is 2. The van der Waals surface area contributed by atoms with Gasteiger partial charge in [0.2, 0.25) is 5.43 Å². The number of nitrogen functional groups attached to an aromatic ring is 1. The van der Waals surface area contributed by atoms with Gasteiger partial charge in [-0.3, -0.25) is 9.59 Å². The van der Waals surface area contributed by atoms with Crippen molar-refractivity contribution in [3.8, 4) is 44.9 Å². The summed E-state index contributed by atoms with van der Waals surface area (Å²) in [6.45, 7) is 5.57. The monoisotopic (exact) mass is 644 g/mol. The molecule has 1 amide bonds. The van der Waals surface area contributed by atoms with Gasteiger partial charge in [-0.15, -0.1) is 0 Å². The van der Waals surface area contributed by atoms with E-state index in [9.17, 15) is 9.59 Å². The maximum atomic E-state index is 13.8. The van der Waals surface area contributed by atoms with Crippen molar-refractivity contribution in [3.63, 3.8) is 0 Å². The Hall–Kier alpha value is -5.41. The molecule has 9 heteroatoms. The van der Waals surface area contributed by atoms with Crippen LogP contribution in [0.2, 0.25) is 0 Å². The van der Waals surface area contributed by atoms with Crippen molar-refractivity contribution in [1.29, 1.82) is 0 Å². The molecule has 2 aromatic heterocycles. The number of anilines is 2. The van der Waals surface area contributed by atoms with Crippen molar-refractivity contribution in [3.05, 3.63) is 113 Å². The molecule has 0 radical (unpaired) electrons. The third kappa shape index (κ3) is 6.82. The van der Waals surface area contributed by atoms with E-state index in [0.717, 1.165) is 46.2 Å². The number of rotatable bonds is 9. The second kappa shape index (κ2) is 14.1. The summed E-state index contributed by atoms with van der Waals surface area (Å²) >= 11 is 0. The molecule has 6 rings (SSSR count). The van der Waals surface area contributed by atoms with Gasteiger partial charge in [0.25, 0.3) is 5.91 Å². The molecule has 3 N–H and O–H groups in total. The highest BCUT2D eigenvalue weighted by Crippen LogP contribution is 2.35. The molecule has 3 heterocycles. The number of nitrogens with two attached hydrogens (primary N) is 1. The molecule has 0 aliphatic carbocycles. The van der Waals surface area contributed by atoms with Crippen molar-refractivity contribution in [2.45, 2.75) is 32.7 Å². The Labute approximate surface area is 280 Å². The van der Waals surface area contributed by atoms with Gasteiger partial charge in [0.15, 0.2) is 11.5 Å². The fourth-order valence-electron chi connectivity index (χ4n) is 6.19. The summed E-state index contributed by atoms with van der Waals surface area (Å²) in [6, 6.07) is 22.8. The van der Waals surface area contributed by atoms with Crippen LogP contribution in [-0.4, -0.2) is 42.9 Å². The third-order valence-corrected chi connectivity index (χ3v) is 9.16. The van der Waals surface area contributed by atoms with Crippen molar-refractivity contribution in [2.75, 3.05) is 38.5 Å². The number of carbonyl (C=O) groups is 1. The number of ether oxygens (including phenoxy) is 3. The number of pyridine rings is 2. The van der Waals surface area contributed by atoms with Crippen molar-refractivity contribution in [1.82, 2.24) is 9.55 Å². The smallest absolute Gasteiger partial charge is 0.261 e. The first-order valence-corrected chi connectivity index (χ1v) is 16.1. The van der Waals surface area contributed by atoms with Crippen LogP contribution in [0.15, 0.2) is 96.2 Å². The predicted octanol–water partition coefficient (Wildman–Crippen LogP) is 7.39. The van der Waals surface area contributed by atoms with Crippen LogP contribution in [0.25, 0.3) is 33.4 Å². The fourth-order valence-corrected chi connectivity index (χ4v) is 6.19. The Bertz CT molecular complexity index is 1980. The van der Waals surface area contributed by atoms with Gasteiger partial charge < -0.3 is 29.8 Å². The van der Waals surface area contributed by atoms with Crippen LogP contribution in [0.4, 0.5) is 11.5 Å². The van der Waals surface area contributed by atoms with Gasteiger partial charge in [0.1, 0.15) is 11.4 Å². The van der Waals surface area contributed by atoms with E-state index in [0.29, 0.717) is 47.7 Å². The quantitative estimate of drug-likeness (QED) is 0.172. The van der Waals surface area contributed by atoms with E-state index >= 15 is 0 Å². The second-order valence-corrected chi connectivity index (χ2v) is 12.2. The number of nitrogens with zero attached hydrogens (tertiary/aromatic N) is 2. The molecule has 48 heavy (non-hydrogen) atoms. The first kappa shape index (κ1) is 32.5. The molecule has 3 aromatic carbocycles. The summed E-state index contributed by atoms with van der Waals surface area (Å²) in [5, 5.41) is 2.94. The van der Waals surface area contributed by atoms with Crippen LogP contribution in [-0.2, 0) is 4.74 Å². The van der Waals surface area contributed by atoms with E-state index in [1.807, 2.05) is 78.4 Å². The zero-order valence-corrected chi connectivity index (χ0v) is 27.7. The summed E-state index contributed by atoms with van der Waals surface area (Å²) in [5.74, 6) is 1.54. The summed E-state index contributed by atoms with van der Waals surface area (Å²) in [5.41, 5.74) is 12.3. The normalized spacial score (nSPS) is 13.9. The highest BCUT2D eigenvalue weighted by Gasteiger charge is 2.24. The minimum atomic E-state index is -0.466. The fraction of sp³-hybridized carbons (Fsp3) is 0.256. The number of benzene rings is 3. The Morgan fingerprint density at radius 3 is 2.21 bits per heavy atom. The van der Waals surface area contributed by atoms with E-state index in [1.54, 1.807) is 38.7 Å². The standard InChI is InChI=1S/C39H40N4O5/c1-24-5-7-28(8-6-24)33-22-43(25(2)26-15-17-48-18-16-26)23-34(37(33)44)39(45)42-31-12-9-27(10-13-31)32-19-30(21-41-38(32)40)29-11-14-35(46-3)36(20-29)47-4/h5-14,19-23,25-26H,15-18H2,1-4H3,(H2,40,41)(H,42,45)/t25-/m1/s1. The lowest BCUT2D eigenvalue weighted by atomic mass is 9.92.